The fourth-order valence-corrected chi connectivity index (χ4v) is 9.56. The summed E-state index contributed by atoms with van der Waals surface area (Å²) < 4.78 is 5.09. The zero-order valence-electron chi connectivity index (χ0n) is 28.3. The van der Waals surface area contributed by atoms with E-state index in [1.165, 1.54) is 96.9 Å². The fraction of sp³-hybridized carbons (Fsp3) is 0. The minimum Gasteiger partial charge on any atom is -0.309 e. The van der Waals surface area contributed by atoms with Crippen LogP contribution < -0.4 is 0 Å². The van der Waals surface area contributed by atoms with E-state index in [-0.39, 0.29) is 0 Å². The monoisotopic (exact) mass is 677 g/mol. The molecule has 0 atom stereocenters. The highest BCUT2D eigenvalue weighted by molar-refractivity contribution is 7.25. The van der Waals surface area contributed by atoms with Gasteiger partial charge in [-0.05, 0) is 103 Å². The molecule has 0 bridgehead atoms. The molecule has 0 aliphatic carbocycles. The van der Waals surface area contributed by atoms with E-state index in [9.17, 15) is 0 Å². The molecule has 9 aromatic carbocycles. The Kier molecular flexibility index (Phi) is 6.49. The first-order valence-corrected chi connectivity index (χ1v) is 18.7. The zero-order chi connectivity index (χ0) is 34.2. The lowest BCUT2D eigenvalue weighted by atomic mass is 9.86. The van der Waals surface area contributed by atoms with Gasteiger partial charge in [0.2, 0.25) is 0 Å². The van der Waals surface area contributed by atoms with Gasteiger partial charge in [-0.2, -0.15) is 0 Å². The number of nitrogens with zero attached hydrogens (tertiary/aromatic N) is 1. The number of hydrogen-bond acceptors (Lipinski definition) is 1. The second-order valence-corrected chi connectivity index (χ2v) is 14.7. The normalized spacial score (nSPS) is 11.8. The molecule has 0 unspecified atom stereocenters. The highest BCUT2D eigenvalue weighted by Crippen LogP contribution is 2.44. The van der Waals surface area contributed by atoms with Crippen molar-refractivity contribution in [3.8, 4) is 39.1 Å². The molecular formula is C50H31NS. The van der Waals surface area contributed by atoms with E-state index in [1.807, 2.05) is 11.3 Å². The predicted molar refractivity (Wildman–Crippen MR) is 225 cm³/mol. The molecular weight excluding hydrogens is 647 g/mol. The smallest absolute Gasteiger partial charge is 0.0541 e. The molecule has 0 saturated heterocycles. The van der Waals surface area contributed by atoms with Crippen LogP contribution in [0.3, 0.4) is 0 Å². The van der Waals surface area contributed by atoms with Crippen molar-refractivity contribution >= 4 is 74.9 Å². The first-order valence-electron chi connectivity index (χ1n) is 17.8. The molecule has 11 rings (SSSR count). The van der Waals surface area contributed by atoms with E-state index in [2.05, 4.69) is 193 Å². The zero-order valence-corrected chi connectivity index (χ0v) is 29.1. The van der Waals surface area contributed by atoms with Gasteiger partial charge in [-0.1, -0.05) is 140 Å². The number of rotatable bonds is 4. The highest BCUT2D eigenvalue weighted by Gasteiger charge is 2.18. The van der Waals surface area contributed by atoms with Gasteiger partial charge in [0.1, 0.15) is 0 Å². The fourth-order valence-electron chi connectivity index (χ4n) is 8.47. The lowest BCUT2D eigenvalue weighted by Gasteiger charge is -2.18. The standard InChI is InChI=1S/C50H31NS/c1-2-12-32(13-3-1)49-39-16-4-6-18-41(39)50(42-19-7-5-17-40(42)49)33-22-26-36(27-23-33)51-45-20-10-8-14-37(45)43-30-34(24-28-46(43)51)35-25-29-48-44(31-35)38-15-9-11-21-47(38)52-48/h1-31H. The van der Waals surface area contributed by atoms with Gasteiger partial charge in [-0.25, -0.2) is 0 Å². The van der Waals surface area contributed by atoms with Crippen molar-refractivity contribution in [1.82, 2.24) is 4.57 Å². The topological polar surface area (TPSA) is 4.93 Å². The number of para-hydroxylation sites is 1. The first-order chi connectivity index (χ1) is 25.8. The van der Waals surface area contributed by atoms with Gasteiger partial charge in [0.05, 0.1) is 11.0 Å². The average Bonchev–Trinajstić information content (AvgIpc) is 3.75. The summed E-state index contributed by atoms with van der Waals surface area (Å²) in [6.07, 6.45) is 0. The van der Waals surface area contributed by atoms with Crippen LogP contribution >= 0.6 is 11.3 Å². The molecule has 242 valence electrons. The summed E-state index contributed by atoms with van der Waals surface area (Å²) in [5.74, 6) is 0. The van der Waals surface area contributed by atoms with Crippen molar-refractivity contribution in [3.05, 3.63) is 188 Å². The third-order valence-electron chi connectivity index (χ3n) is 10.8. The van der Waals surface area contributed by atoms with E-state index < -0.39 is 0 Å². The van der Waals surface area contributed by atoms with Crippen molar-refractivity contribution < 1.29 is 0 Å². The van der Waals surface area contributed by atoms with Crippen LogP contribution in [0.15, 0.2) is 188 Å². The Morgan fingerprint density at radius 1 is 0.288 bits per heavy atom. The van der Waals surface area contributed by atoms with Gasteiger partial charge in [0.15, 0.2) is 0 Å². The van der Waals surface area contributed by atoms with E-state index in [4.69, 9.17) is 0 Å². The Balaban J connectivity index is 1.06. The van der Waals surface area contributed by atoms with Crippen LogP contribution in [0, 0.1) is 0 Å². The Morgan fingerprint density at radius 2 is 0.750 bits per heavy atom. The molecule has 0 fully saturated rings. The van der Waals surface area contributed by atoms with Gasteiger partial charge >= 0.3 is 0 Å². The minimum atomic E-state index is 1.16. The summed E-state index contributed by atoms with van der Waals surface area (Å²) in [5, 5.41) is 10.3. The lowest BCUT2D eigenvalue weighted by molar-refractivity contribution is 1.18. The predicted octanol–water partition coefficient (Wildman–Crippen LogP) is 14.5. The molecule has 0 spiro atoms. The average molecular weight is 678 g/mol. The second kappa shape index (κ2) is 11.5. The van der Waals surface area contributed by atoms with Gasteiger partial charge in [0.25, 0.3) is 0 Å². The summed E-state index contributed by atoms with van der Waals surface area (Å²) in [6, 6.07) is 69.2. The van der Waals surface area contributed by atoms with Crippen LogP contribution in [0.1, 0.15) is 0 Å². The highest BCUT2D eigenvalue weighted by atomic mass is 32.1. The molecule has 2 heterocycles. The van der Waals surface area contributed by atoms with Crippen LogP contribution in [0.2, 0.25) is 0 Å². The Bertz CT molecular complexity index is 3110. The van der Waals surface area contributed by atoms with Gasteiger partial charge in [-0.15, -0.1) is 11.3 Å². The van der Waals surface area contributed by atoms with Crippen LogP contribution in [-0.4, -0.2) is 4.57 Å². The van der Waals surface area contributed by atoms with Crippen LogP contribution in [-0.2, 0) is 0 Å². The summed E-state index contributed by atoms with van der Waals surface area (Å²) in [5.41, 5.74) is 11.1. The van der Waals surface area contributed by atoms with E-state index >= 15 is 0 Å². The molecule has 0 saturated carbocycles. The van der Waals surface area contributed by atoms with Crippen molar-refractivity contribution in [3.63, 3.8) is 0 Å². The molecule has 0 amide bonds. The van der Waals surface area contributed by atoms with E-state index in [0.717, 1.165) is 5.69 Å². The van der Waals surface area contributed by atoms with Gasteiger partial charge in [0, 0.05) is 36.6 Å². The Hall–Kier alpha value is -6.48. The second-order valence-electron chi connectivity index (χ2n) is 13.6. The lowest BCUT2D eigenvalue weighted by Crippen LogP contribution is -1.94. The number of thiophene rings is 1. The SMILES string of the molecule is c1ccc(-c2c3ccccc3c(-c3ccc(-n4c5ccccc5c5cc(-c6ccc7sc8ccccc8c7c6)ccc54)cc3)c3ccccc23)cc1. The number of fused-ring (bicyclic) bond motifs is 8. The third-order valence-corrected chi connectivity index (χ3v) is 11.9. The number of benzene rings is 9. The molecule has 11 aromatic rings. The van der Waals surface area contributed by atoms with Crippen molar-refractivity contribution in [1.29, 1.82) is 0 Å². The Labute approximate surface area is 305 Å². The third kappa shape index (κ3) is 4.41. The molecule has 0 aliphatic heterocycles. The molecule has 2 aromatic heterocycles. The molecule has 2 heteroatoms. The largest absolute Gasteiger partial charge is 0.309 e. The van der Waals surface area contributed by atoms with Gasteiger partial charge < -0.3 is 4.57 Å². The summed E-state index contributed by atoms with van der Waals surface area (Å²) in [7, 11) is 0. The van der Waals surface area contributed by atoms with Crippen LogP contribution in [0.25, 0.3) is 103 Å². The number of hydrogen-bond donors (Lipinski definition) is 0. The first kappa shape index (κ1) is 29.3. The van der Waals surface area contributed by atoms with E-state index in [1.54, 1.807) is 0 Å². The maximum absolute atomic E-state index is 2.42. The van der Waals surface area contributed by atoms with Gasteiger partial charge in [-0.3, -0.25) is 0 Å². The molecule has 0 aliphatic rings. The maximum Gasteiger partial charge on any atom is 0.0541 e. The Morgan fingerprint density at radius 3 is 1.42 bits per heavy atom. The van der Waals surface area contributed by atoms with Crippen molar-refractivity contribution in [2.75, 3.05) is 0 Å². The van der Waals surface area contributed by atoms with E-state index in [0.29, 0.717) is 0 Å². The quantitative estimate of drug-likeness (QED) is 0.163. The van der Waals surface area contributed by atoms with Crippen molar-refractivity contribution in [2.24, 2.45) is 0 Å². The summed E-state index contributed by atoms with van der Waals surface area (Å²) in [4.78, 5) is 0. The molecule has 0 radical (unpaired) electrons. The maximum atomic E-state index is 2.42. The minimum absolute atomic E-state index is 1.16. The molecule has 0 N–H and O–H groups in total. The van der Waals surface area contributed by atoms with Crippen LogP contribution in [0.5, 0.6) is 0 Å². The number of aromatic nitrogens is 1. The van der Waals surface area contributed by atoms with Crippen molar-refractivity contribution in [2.45, 2.75) is 0 Å². The summed E-state index contributed by atoms with van der Waals surface area (Å²) >= 11 is 1.87. The molecule has 1 nitrogen and oxygen atoms in total. The van der Waals surface area contributed by atoms with Crippen LogP contribution in [0.4, 0.5) is 0 Å². The molecule has 52 heavy (non-hydrogen) atoms. The summed E-state index contributed by atoms with van der Waals surface area (Å²) in [6.45, 7) is 0.